The third-order valence-electron chi connectivity index (χ3n) is 6.59. The van der Waals surface area contributed by atoms with Crippen LogP contribution in [0, 0.1) is 5.92 Å². The van der Waals surface area contributed by atoms with Crippen molar-refractivity contribution in [3.63, 3.8) is 0 Å². The van der Waals surface area contributed by atoms with Crippen LogP contribution in [0.1, 0.15) is 37.4 Å². The average molecular weight is 425 g/mol. The molecule has 0 radical (unpaired) electrons. The maximum Gasteiger partial charge on any atom is 0.194 e. The Morgan fingerprint density at radius 2 is 2.13 bits per heavy atom. The van der Waals surface area contributed by atoms with Crippen molar-refractivity contribution in [2.24, 2.45) is 10.9 Å². The van der Waals surface area contributed by atoms with Gasteiger partial charge in [0, 0.05) is 51.7 Å². The number of benzene rings is 1. The first-order valence-corrected chi connectivity index (χ1v) is 11.6. The van der Waals surface area contributed by atoms with E-state index in [0.717, 1.165) is 51.5 Å². The van der Waals surface area contributed by atoms with Gasteiger partial charge in [-0.05, 0) is 36.8 Å². The minimum Gasteiger partial charge on any atom is -0.390 e. The zero-order valence-electron chi connectivity index (χ0n) is 18.8. The summed E-state index contributed by atoms with van der Waals surface area (Å²) in [6.07, 6.45) is 7.51. The zero-order valence-corrected chi connectivity index (χ0v) is 18.8. The predicted octanol–water partition coefficient (Wildman–Crippen LogP) is 2.15. The molecule has 0 aliphatic carbocycles. The van der Waals surface area contributed by atoms with E-state index in [1.165, 1.54) is 11.1 Å². The first kappa shape index (κ1) is 21.8. The van der Waals surface area contributed by atoms with Crippen LogP contribution in [0.15, 0.2) is 48.0 Å². The molecule has 168 valence electrons. The molecule has 1 aromatic heterocycles. The summed E-state index contributed by atoms with van der Waals surface area (Å²) in [6.45, 7) is 10.1. The Morgan fingerprint density at radius 1 is 1.29 bits per heavy atom. The summed E-state index contributed by atoms with van der Waals surface area (Å²) >= 11 is 0. The van der Waals surface area contributed by atoms with Crippen LogP contribution in [0.5, 0.6) is 0 Å². The van der Waals surface area contributed by atoms with E-state index < -0.39 is 6.10 Å². The van der Waals surface area contributed by atoms with Gasteiger partial charge >= 0.3 is 0 Å². The molecule has 2 N–H and O–H groups in total. The number of rotatable bonds is 6. The van der Waals surface area contributed by atoms with Gasteiger partial charge in [-0.25, -0.2) is 4.98 Å². The number of hydrogen-bond acceptors (Lipinski definition) is 4. The van der Waals surface area contributed by atoms with Gasteiger partial charge in [0.15, 0.2) is 5.96 Å². The second-order valence-electron chi connectivity index (χ2n) is 8.89. The molecule has 1 saturated heterocycles. The molecule has 31 heavy (non-hydrogen) atoms. The number of nitrogens with zero attached hydrogens (tertiary/aromatic N) is 5. The number of piperidine rings is 1. The second-order valence-corrected chi connectivity index (χ2v) is 8.89. The number of fused-ring (bicyclic) bond motifs is 1. The second kappa shape index (κ2) is 10.3. The van der Waals surface area contributed by atoms with E-state index >= 15 is 0 Å². The van der Waals surface area contributed by atoms with Crippen molar-refractivity contribution in [1.82, 2.24) is 24.7 Å². The van der Waals surface area contributed by atoms with Gasteiger partial charge < -0.3 is 19.9 Å². The third kappa shape index (κ3) is 5.46. The fourth-order valence-corrected chi connectivity index (χ4v) is 4.78. The highest BCUT2D eigenvalue weighted by molar-refractivity contribution is 5.80. The SMILES string of the molecule is CCNC(=NCC(O)CN1CCc2ccccc2C1)N1CCC(C)C(n2ccnc2)C1. The van der Waals surface area contributed by atoms with E-state index in [1.54, 1.807) is 0 Å². The number of likely N-dealkylation sites (tertiary alicyclic amines) is 1. The van der Waals surface area contributed by atoms with Crippen LogP contribution >= 0.6 is 0 Å². The van der Waals surface area contributed by atoms with E-state index in [9.17, 15) is 5.11 Å². The van der Waals surface area contributed by atoms with Crippen molar-refractivity contribution >= 4 is 5.96 Å². The van der Waals surface area contributed by atoms with Crippen LogP contribution in [-0.2, 0) is 13.0 Å². The van der Waals surface area contributed by atoms with Gasteiger partial charge in [-0.1, -0.05) is 31.2 Å². The number of β-amino-alcohol motifs (C(OH)–C–C–N with tert-alkyl or cyclic N) is 1. The number of guanidine groups is 1. The van der Waals surface area contributed by atoms with Crippen molar-refractivity contribution in [1.29, 1.82) is 0 Å². The quantitative estimate of drug-likeness (QED) is 0.549. The molecule has 2 aromatic rings. The number of imidazole rings is 1. The fourth-order valence-electron chi connectivity index (χ4n) is 4.78. The number of hydrogen-bond donors (Lipinski definition) is 2. The van der Waals surface area contributed by atoms with Crippen LogP contribution in [0.25, 0.3) is 0 Å². The number of aliphatic hydroxyl groups is 1. The highest BCUT2D eigenvalue weighted by Crippen LogP contribution is 2.27. The molecule has 1 fully saturated rings. The summed E-state index contributed by atoms with van der Waals surface area (Å²) in [6, 6.07) is 9.01. The Kier molecular flexibility index (Phi) is 7.25. The highest BCUT2D eigenvalue weighted by atomic mass is 16.3. The lowest BCUT2D eigenvalue weighted by Crippen LogP contribution is -2.49. The first-order chi connectivity index (χ1) is 15.1. The van der Waals surface area contributed by atoms with Gasteiger partial charge in [0.25, 0.3) is 0 Å². The maximum absolute atomic E-state index is 10.7. The van der Waals surface area contributed by atoms with Gasteiger partial charge in [-0.2, -0.15) is 0 Å². The Balaban J connectivity index is 1.35. The standard InChI is InChI=1S/C24H36N6O/c1-3-26-24(29-12-8-19(2)23(17-29)30-13-10-25-18-30)27-14-22(31)16-28-11-9-20-6-4-5-7-21(20)15-28/h4-7,10,13,18-19,22-23,31H,3,8-9,11-12,14-17H2,1-2H3,(H,26,27). The molecule has 4 rings (SSSR count). The molecule has 3 unspecified atom stereocenters. The summed E-state index contributed by atoms with van der Waals surface area (Å²) in [5.41, 5.74) is 2.82. The van der Waals surface area contributed by atoms with Crippen LogP contribution in [0.2, 0.25) is 0 Å². The van der Waals surface area contributed by atoms with Crippen molar-refractivity contribution in [3.05, 3.63) is 54.1 Å². The normalized spacial score (nSPS) is 23.5. The number of nitrogens with one attached hydrogen (secondary N) is 1. The van der Waals surface area contributed by atoms with Gasteiger partial charge in [0.2, 0.25) is 0 Å². The highest BCUT2D eigenvalue weighted by Gasteiger charge is 2.29. The van der Waals surface area contributed by atoms with Crippen molar-refractivity contribution in [3.8, 4) is 0 Å². The molecule has 7 heteroatoms. The minimum atomic E-state index is -0.466. The van der Waals surface area contributed by atoms with E-state index in [2.05, 4.69) is 69.0 Å². The summed E-state index contributed by atoms with van der Waals surface area (Å²) < 4.78 is 2.21. The van der Waals surface area contributed by atoms with Crippen LogP contribution < -0.4 is 5.32 Å². The topological polar surface area (TPSA) is 68.9 Å². The lowest BCUT2D eigenvalue weighted by Gasteiger charge is -2.39. The molecule has 2 aliphatic heterocycles. The smallest absolute Gasteiger partial charge is 0.194 e. The lowest BCUT2D eigenvalue weighted by atomic mass is 9.93. The maximum atomic E-state index is 10.7. The van der Waals surface area contributed by atoms with Crippen molar-refractivity contribution < 1.29 is 5.11 Å². The predicted molar refractivity (Wildman–Crippen MR) is 124 cm³/mol. The van der Waals surface area contributed by atoms with Crippen LogP contribution in [0.4, 0.5) is 0 Å². The largest absolute Gasteiger partial charge is 0.390 e. The molecule has 0 saturated carbocycles. The molecule has 0 amide bonds. The van der Waals surface area contributed by atoms with Gasteiger partial charge in [-0.15, -0.1) is 0 Å². The summed E-state index contributed by atoms with van der Waals surface area (Å²) in [5, 5.41) is 14.1. The molecular formula is C24H36N6O. The van der Waals surface area contributed by atoms with Crippen molar-refractivity contribution in [2.45, 2.75) is 45.4 Å². The summed E-state index contributed by atoms with van der Waals surface area (Å²) in [5.74, 6) is 1.50. The third-order valence-corrected chi connectivity index (χ3v) is 6.59. The van der Waals surface area contributed by atoms with E-state index in [1.807, 2.05) is 12.5 Å². The van der Waals surface area contributed by atoms with Gasteiger partial charge in [0.05, 0.1) is 25.0 Å². The van der Waals surface area contributed by atoms with E-state index in [0.29, 0.717) is 25.0 Å². The molecule has 3 heterocycles. The molecule has 2 aliphatic rings. The zero-order chi connectivity index (χ0) is 21.6. The molecule has 7 nitrogen and oxygen atoms in total. The Morgan fingerprint density at radius 3 is 2.90 bits per heavy atom. The van der Waals surface area contributed by atoms with Crippen LogP contribution in [-0.4, -0.2) is 75.8 Å². The Hall–Kier alpha value is -2.38. The molecule has 3 atom stereocenters. The minimum absolute atomic E-state index is 0.387. The number of aliphatic hydroxyl groups excluding tert-OH is 1. The molecule has 1 aromatic carbocycles. The van der Waals surface area contributed by atoms with Crippen LogP contribution in [0.3, 0.4) is 0 Å². The average Bonchev–Trinajstić information content (AvgIpc) is 3.32. The van der Waals surface area contributed by atoms with E-state index in [-0.39, 0.29) is 0 Å². The number of aromatic nitrogens is 2. The van der Waals surface area contributed by atoms with Gasteiger partial charge in [0.1, 0.15) is 0 Å². The van der Waals surface area contributed by atoms with Gasteiger partial charge in [-0.3, -0.25) is 9.89 Å². The Bertz CT molecular complexity index is 852. The first-order valence-electron chi connectivity index (χ1n) is 11.6. The molecule has 0 bridgehead atoms. The molecule has 0 spiro atoms. The lowest BCUT2D eigenvalue weighted by molar-refractivity contribution is 0.111. The summed E-state index contributed by atoms with van der Waals surface area (Å²) in [7, 11) is 0. The van der Waals surface area contributed by atoms with Crippen molar-refractivity contribution in [2.75, 3.05) is 39.3 Å². The van der Waals surface area contributed by atoms with E-state index in [4.69, 9.17) is 4.99 Å². The molecular weight excluding hydrogens is 388 g/mol. The number of aliphatic imine (C=N–C) groups is 1. The summed E-state index contributed by atoms with van der Waals surface area (Å²) in [4.78, 5) is 13.7. The fraction of sp³-hybridized carbons (Fsp3) is 0.583. The monoisotopic (exact) mass is 424 g/mol. The Labute approximate surface area is 185 Å².